The predicted octanol–water partition coefficient (Wildman–Crippen LogP) is 2.23. The van der Waals surface area contributed by atoms with Crippen molar-refractivity contribution in [3.05, 3.63) is 48.0 Å². The third-order valence-corrected chi connectivity index (χ3v) is 2.91. The van der Waals surface area contributed by atoms with Crippen molar-refractivity contribution in [2.45, 2.75) is 25.9 Å². The molecule has 0 saturated heterocycles. The molecule has 0 saturated carbocycles. The van der Waals surface area contributed by atoms with Gasteiger partial charge in [-0.05, 0) is 25.5 Å². The normalized spacial score (nSPS) is 14.5. The molecule has 0 spiro atoms. The van der Waals surface area contributed by atoms with Crippen LogP contribution in [0.25, 0.3) is 0 Å². The second-order valence-corrected chi connectivity index (χ2v) is 4.34. The molecule has 0 amide bonds. The van der Waals surface area contributed by atoms with Crippen molar-refractivity contribution in [3.8, 4) is 0 Å². The Hall–Kier alpha value is -1.68. The fraction of sp³-hybridized carbons (Fsp3) is 0.385. The topological polar surface area (TPSA) is 42.7 Å². The van der Waals surface area contributed by atoms with Gasteiger partial charge in [-0.2, -0.15) is 5.10 Å². The van der Waals surface area contributed by atoms with Gasteiger partial charge in [-0.25, -0.2) is 0 Å². The lowest BCUT2D eigenvalue weighted by Crippen LogP contribution is -2.22. The average molecular weight is 230 g/mol. The van der Waals surface area contributed by atoms with E-state index in [1.165, 1.54) is 11.1 Å². The third-order valence-electron chi connectivity index (χ3n) is 2.91. The van der Waals surface area contributed by atoms with Crippen LogP contribution in [0.2, 0.25) is 0 Å². The van der Waals surface area contributed by atoms with E-state index in [9.17, 15) is 0 Å². The van der Waals surface area contributed by atoms with Gasteiger partial charge >= 0.3 is 0 Å². The largest absolute Gasteiger partial charge is 0.303 e. The molecule has 4 nitrogen and oxygen atoms in total. The Balaban J connectivity index is 2.02. The summed E-state index contributed by atoms with van der Waals surface area (Å²) in [5, 5.41) is 7.71. The standard InChI is InChI=1S/C13H18N4/c1-10(12-5-4-6-14-7-12)16-11(2)13-8-15-17(3)9-13/h4-11,16H,1-3H3/t10-,11?/m0/s1. The Morgan fingerprint density at radius 2 is 1.94 bits per heavy atom. The minimum Gasteiger partial charge on any atom is -0.303 e. The van der Waals surface area contributed by atoms with E-state index in [2.05, 4.69) is 35.3 Å². The fourth-order valence-electron chi connectivity index (χ4n) is 1.86. The summed E-state index contributed by atoms with van der Waals surface area (Å²) < 4.78 is 1.82. The Kier molecular flexibility index (Phi) is 3.54. The maximum atomic E-state index is 4.18. The maximum absolute atomic E-state index is 4.18. The second kappa shape index (κ2) is 5.10. The zero-order valence-corrected chi connectivity index (χ0v) is 10.5. The number of nitrogens with zero attached hydrogens (tertiary/aromatic N) is 3. The number of rotatable bonds is 4. The lowest BCUT2D eigenvalue weighted by molar-refractivity contribution is 0.493. The lowest BCUT2D eigenvalue weighted by Gasteiger charge is -2.19. The number of pyridine rings is 1. The van der Waals surface area contributed by atoms with Crippen LogP contribution in [0, 0.1) is 0 Å². The van der Waals surface area contributed by atoms with Crippen molar-refractivity contribution >= 4 is 0 Å². The summed E-state index contributed by atoms with van der Waals surface area (Å²) in [4.78, 5) is 4.13. The maximum Gasteiger partial charge on any atom is 0.0537 e. The van der Waals surface area contributed by atoms with E-state index in [1.54, 1.807) is 6.20 Å². The first-order valence-corrected chi connectivity index (χ1v) is 5.81. The molecule has 90 valence electrons. The molecule has 0 bridgehead atoms. The smallest absolute Gasteiger partial charge is 0.0537 e. The van der Waals surface area contributed by atoms with Crippen molar-refractivity contribution in [3.63, 3.8) is 0 Å². The van der Waals surface area contributed by atoms with Crippen LogP contribution in [-0.4, -0.2) is 14.8 Å². The first kappa shape index (κ1) is 11.8. The summed E-state index contributed by atoms with van der Waals surface area (Å²) in [6.07, 6.45) is 7.62. The number of hydrogen-bond acceptors (Lipinski definition) is 3. The lowest BCUT2D eigenvalue weighted by atomic mass is 10.1. The highest BCUT2D eigenvalue weighted by Crippen LogP contribution is 2.17. The van der Waals surface area contributed by atoms with Gasteiger partial charge in [0.05, 0.1) is 6.20 Å². The summed E-state index contributed by atoms with van der Waals surface area (Å²) in [6, 6.07) is 4.60. The summed E-state index contributed by atoms with van der Waals surface area (Å²) in [5.74, 6) is 0. The summed E-state index contributed by atoms with van der Waals surface area (Å²) in [7, 11) is 1.93. The van der Waals surface area contributed by atoms with Crippen LogP contribution in [0.15, 0.2) is 36.9 Å². The fourth-order valence-corrected chi connectivity index (χ4v) is 1.86. The highest BCUT2D eigenvalue weighted by molar-refractivity contribution is 5.15. The van der Waals surface area contributed by atoms with E-state index < -0.39 is 0 Å². The van der Waals surface area contributed by atoms with Gasteiger partial charge in [-0.15, -0.1) is 0 Å². The quantitative estimate of drug-likeness (QED) is 0.875. The molecule has 2 heterocycles. The number of nitrogens with one attached hydrogen (secondary N) is 1. The molecule has 1 N–H and O–H groups in total. The first-order valence-electron chi connectivity index (χ1n) is 5.81. The van der Waals surface area contributed by atoms with E-state index in [4.69, 9.17) is 0 Å². The third kappa shape index (κ3) is 2.91. The van der Waals surface area contributed by atoms with E-state index in [1.807, 2.05) is 36.4 Å². The molecule has 0 aliphatic rings. The summed E-state index contributed by atoms with van der Waals surface area (Å²) in [5.41, 5.74) is 2.39. The van der Waals surface area contributed by atoms with Crippen molar-refractivity contribution in [2.75, 3.05) is 0 Å². The van der Waals surface area contributed by atoms with E-state index in [-0.39, 0.29) is 12.1 Å². The van der Waals surface area contributed by atoms with E-state index in [0.29, 0.717) is 0 Å². The van der Waals surface area contributed by atoms with Crippen LogP contribution in [-0.2, 0) is 7.05 Å². The molecular weight excluding hydrogens is 212 g/mol. The van der Waals surface area contributed by atoms with Gasteiger partial charge in [0.15, 0.2) is 0 Å². The Morgan fingerprint density at radius 3 is 2.53 bits per heavy atom. The van der Waals surface area contributed by atoms with E-state index in [0.717, 1.165) is 0 Å². The summed E-state index contributed by atoms with van der Waals surface area (Å²) >= 11 is 0. The van der Waals surface area contributed by atoms with Crippen LogP contribution in [0.1, 0.15) is 37.1 Å². The average Bonchev–Trinajstić information content (AvgIpc) is 2.77. The van der Waals surface area contributed by atoms with Crippen LogP contribution < -0.4 is 5.32 Å². The van der Waals surface area contributed by atoms with Gasteiger partial charge in [0.25, 0.3) is 0 Å². The molecule has 2 aromatic rings. The van der Waals surface area contributed by atoms with Crippen LogP contribution in [0.3, 0.4) is 0 Å². The minimum atomic E-state index is 0.277. The summed E-state index contributed by atoms with van der Waals surface area (Å²) in [6.45, 7) is 4.29. The van der Waals surface area contributed by atoms with Crippen LogP contribution in [0.4, 0.5) is 0 Å². The highest BCUT2D eigenvalue weighted by atomic mass is 15.2. The van der Waals surface area contributed by atoms with Gasteiger partial charge in [0.1, 0.15) is 0 Å². The zero-order chi connectivity index (χ0) is 12.3. The van der Waals surface area contributed by atoms with Gasteiger partial charge < -0.3 is 5.32 Å². The molecular formula is C13H18N4. The van der Waals surface area contributed by atoms with Gasteiger partial charge in [-0.1, -0.05) is 6.07 Å². The molecule has 17 heavy (non-hydrogen) atoms. The molecule has 1 unspecified atom stereocenters. The van der Waals surface area contributed by atoms with Crippen LogP contribution >= 0.6 is 0 Å². The SMILES string of the molecule is CC(N[C@@H](C)c1cccnc1)c1cnn(C)c1. The molecule has 0 fully saturated rings. The Morgan fingerprint density at radius 1 is 1.18 bits per heavy atom. The first-order chi connectivity index (χ1) is 8.16. The minimum absolute atomic E-state index is 0.277. The molecule has 4 heteroatoms. The van der Waals surface area contributed by atoms with Gasteiger partial charge in [0, 0.05) is 43.3 Å². The molecule has 0 aliphatic heterocycles. The van der Waals surface area contributed by atoms with Gasteiger partial charge in [-0.3, -0.25) is 9.67 Å². The monoisotopic (exact) mass is 230 g/mol. The zero-order valence-electron chi connectivity index (χ0n) is 10.5. The van der Waals surface area contributed by atoms with Crippen molar-refractivity contribution in [1.29, 1.82) is 0 Å². The number of aryl methyl sites for hydroxylation is 1. The van der Waals surface area contributed by atoms with Crippen molar-refractivity contribution in [2.24, 2.45) is 7.05 Å². The predicted molar refractivity (Wildman–Crippen MR) is 67.4 cm³/mol. The number of aromatic nitrogens is 3. The van der Waals surface area contributed by atoms with Crippen molar-refractivity contribution < 1.29 is 0 Å². The Labute approximate surface area is 102 Å². The van der Waals surface area contributed by atoms with Crippen molar-refractivity contribution in [1.82, 2.24) is 20.1 Å². The molecule has 2 atom stereocenters. The second-order valence-electron chi connectivity index (χ2n) is 4.34. The number of hydrogen-bond donors (Lipinski definition) is 1. The highest BCUT2D eigenvalue weighted by Gasteiger charge is 2.12. The van der Waals surface area contributed by atoms with Crippen LogP contribution in [0.5, 0.6) is 0 Å². The van der Waals surface area contributed by atoms with Gasteiger partial charge in [0.2, 0.25) is 0 Å². The Bertz CT molecular complexity index is 463. The molecule has 2 rings (SSSR count). The molecule has 0 aromatic carbocycles. The molecule has 2 aromatic heterocycles. The van der Waals surface area contributed by atoms with E-state index >= 15 is 0 Å². The molecule has 0 aliphatic carbocycles. The molecule has 0 radical (unpaired) electrons.